The van der Waals surface area contributed by atoms with Crippen molar-refractivity contribution in [1.29, 1.82) is 0 Å². The number of carbonyl (C=O) groups excluding carboxylic acids is 1. The molecule has 0 saturated carbocycles. The van der Waals surface area contributed by atoms with E-state index in [2.05, 4.69) is 10.0 Å². The van der Waals surface area contributed by atoms with Gasteiger partial charge in [0.2, 0.25) is 0 Å². The van der Waals surface area contributed by atoms with Crippen molar-refractivity contribution in [3.63, 3.8) is 0 Å². The van der Waals surface area contributed by atoms with E-state index in [1.165, 1.54) is 0 Å². The van der Waals surface area contributed by atoms with E-state index in [9.17, 15) is 4.79 Å². The Hall–Kier alpha value is -2.00. The van der Waals surface area contributed by atoms with Crippen molar-refractivity contribution in [3.8, 4) is 5.75 Å². The van der Waals surface area contributed by atoms with E-state index in [0.717, 1.165) is 11.3 Å². The Balaban J connectivity index is 2.65. The van der Waals surface area contributed by atoms with Gasteiger partial charge >= 0.3 is 0 Å². The summed E-state index contributed by atoms with van der Waals surface area (Å²) >= 11 is 0. The summed E-state index contributed by atoms with van der Waals surface area (Å²) in [4.78, 5) is 14.5. The van der Waals surface area contributed by atoms with Crippen LogP contribution < -0.4 is 4.74 Å². The second-order valence-electron chi connectivity index (χ2n) is 3.66. The zero-order chi connectivity index (χ0) is 12.7. The molecule has 0 unspecified atom stereocenters. The minimum atomic E-state index is 0.0679. The van der Waals surface area contributed by atoms with Crippen molar-refractivity contribution < 1.29 is 9.53 Å². The van der Waals surface area contributed by atoms with E-state index in [4.69, 9.17) is 10.3 Å². The highest BCUT2D eigenvalue weighted by atomic mass is 16.5. The summed E-state index contributed by atoms with van der Waals surface area (Å²) in [5.41, 5.74) is 9.71. The fraction of sp³-hybridized carbons (Fsp3) is 0.417. The Bertz CT molecular complexity index is 451. The fourth-order valence-electron chi connectivity index (χ4n) is 1.57. The molecule has 90 valence electrons. The summed E-state index contributed by atoms with van der Waals surface area (Å²) in [7, 11) is 1.59. The van der Waals surface area contributed by atoms with Crippen LogP contribution in [0.5, 0.6) is 5.75 Å². The molecule has 5 heteroatoms. The van der Waals surface area contributed by atoms with Crippen LogP contribution in [0.3, 0.4) is 0 Å². The number of nitrogens with zero attached hydrogens (tertiary/aromatic N) is 3. The van der Waals surface area contributed by atoms with Crippen molar-refractivity contribution in [2.75, 3.05) is 13.7 Å². The lowest BCUT2D eigenvalue weighted by Crippen LogP contribution is -2.02. The smallest absolute Gasteiger partial charge is 0.163 e. The molecule has 0 spiro atoms. The van der Waals surface area contributed by atoms with Gasteiger partial charge in [-0.05, 0) is 42.6 Å². The largest absolute Gasteiger partial charge is 0.497 e. The van der Waals surface area contributed by atoms with Gasteiger partial charge in [0.25, 0.3) is 0 Å². The van der Waals surface area contributed by atoms with E-state index in [1.807, 2.05) is 13.0 Å². The zero-order valence-electron chi connectivity index (χ0n) is 10.0. The maximum absolute atomic E-state index is 11.9. The first kappa shape index (κ1) is 13.1. The molecule has 0 radical (unpaired) electrons. The molecule has 0 heterocycles. The van der Waals surface area contributed by atoms with Gasteiger partial charge < -0.3 is 4.74 Å². The van der Waals surface area contributed by atoms with Gasteiger partial charge in [0.05, 0.1) is 7.11 Å². The number of carbonyl (C=O) groups is 1. The molecule has 17 heavy (non-hydrogen) atoms. The summed E-state index contributed by atoms with van der Waals surface area (Å²) < 4.78 is 5.08. The minimum absolute atomic E-state index is 0.0679. The Kier molecular flexibility index (Phi) is 5.04. The fourth-order valence-corrected chi connectivity index (χ4v) is 1.57. The molecular weight excluding hydrogens is 218 g/mol. The number of Topliss-reactive ketones (excluding diaryl/α,β-unsaturated/α-hetero) is 1. The Morgan fingerprint density at radius 3 is 2.88 bits per heavy atom. The SMILES string of the molecule is COc1ccc(C(=O)CCCN=[N+]=[N-])c(C)c1. The van der Waals surface area contributed by atoms with Crippen molar-refractivity contribution in [3.05, 3.63) is 39.8 Å². The lowest BCUT2D eigenvalue weighted by atomic mass is 10.0. The molecule has 1 aromatic rings. The zero-order valence-corrected chi connectivity index (χ0v) is 10.0. The third kappa shape index (κ3) is 3.81. The van der Waals surface area contributed by atoms with Crippen LogP contribution in [0.2, 0.25) is 0 Å². The Morgan fingerprint density at radius 2 is 2.29 bits per heavy atom. The number of benzene rings is 1. The average Bonchev–Trinajstić information content (AvgIpc) is 2.34. The number of rotatable bonds is 6. The van der Waals surface area contributed by atoms with Gasteiger partial charge in [0, 0.05) is 23.4 Å². The number of hydrogen-bond donors (Lipinski definition) is 0. The van der Waals surface area contributed by atoms with Crippen LogP contribution in [0.4, 0.5) is 0 Å². The van der Waals surface area contributed by atoms with Gasteiger partial charge in [-0.3, -0.25) is 4.79 Å². The van der Waals surface area contributed by atoms with E-state index in [-0.39, 0.29) is 5.78 Å². The molecular formula is C12H15N3O2. The quantitative estimate of drug-likeness (QED) is 0.248. The number of ketones is 1. The normalized spacial score (nSPS) is 9.53. The Morgan fingerprint density at radius 1 is 1.53 bits per heavy atom. The molecule has 0 aliphatic heterocycles. The number of aryl methyl sites for hydroxylation is 1. The summed E-state index contributed by atoms with van der Waals surface area (Å²) in [5, 5.41) is 3.40. The highest BCUT2D eigenvalue weighted by Crippen LogP contribution is 2.18. The maximum atomic E-state index is 11.9. The monoisotopic (exact) mass is 233 g/mol. The summed E-state index contributed by atoms with van der Waals surface area (Å²) in [6.45, 7) is 2.24. The molecule has 5 nitrogen and oxygen atoms in total. The average molecular weight is 233 g/mol. The van der Waals surface area contributed by atoms with Crippen LogP contribution >= 0.6 is 0 Å². The van der Waals surface area contributed by atoms with E-state index in [0.29, 0.717) is 24.9 Å². The van der Waals surface area contributed by atoms with Crippen molar-refractivity contribution in [2.45, 2.75) is 19.8 Å². The van der Waals surface area contributed by atoms with Gasteiger partial charge in [0.1, 0.15) is 5.75 Å². The summed E-state index contributed by atoms with van der Waals surface area (Å²) in [6.07, 6.45) is 0.973. The van der Waals surface area contributed by atoms with Gasteiger partial charge in [-0.15, -0.1) is 0 Å². The summed E-state index contributed by atoms with van der Waals surface area (Å²) in [6, 6.07) is 5.37. The van der Waals surface area contributed by atoms with Crippen molar-refractivity contribution >= 4 is 5.78 Å². The lowest BCUT2D eigenvalue weighted by Gasteiger charge is -2.06. The molecule has 0 aliphatic rings. The second kappa shape index (κ2) is 6.55. The minimum Gasteiger partial charge on any atom is -0.497 e. The van der Waals surface area contributed by atoms with Gasteiger partial charge in [0.15, 0.2) is 5.78 Å². The standard InChI is InChI=1S/C12H15N3O2/c1-9-8-10(17-2)5-6-11(9)12(16)4-3-7-14-15-13/h5-6,8H,3-4,7H2,1-2H3. The predicted octanol–water partition coefficient (Wildman–Crippen LogP) is 3.28. The van der Waals surface area contributed by atoms with Gasteiger partial charge in [-0.25, -0.2) is 0 Å². The molecule has 0 aromatic heterocycles. The third-order valence-corrected chi connectivity index (χ3v) is 2.46. The van der Waals surface area contributed by atoms with Crippen LogP contribution in [0.25, 0.3) is 10.4 Å². The molecule has 0 aliphatic carbocycles. The predicted molar refractivity (Wildman–Crippen MR) is 65.3 cm³/mol. The van der Waals surface area contributed by atoms with Crippen LogP contribution in [-0.2, 0) is 0 Å². The van der Waals surface area contributed by atoms with Crippen LogP contribution in [0.15, 0.2) is 23.3 Å². The van der Waals surface area contributed by atoms with Gasteiger partial charge in [-0.2, -0.15) is 0 Å². The summed E-state index contributed by atoms with van der Waals surface area (Å²) in [5.74, 6) is 0.812. The molecule has 1 aromatic carbocycles. The molecule has 0 N–H and O–H groups in total. The first-order chi connectivity index (χ1) is 8.19. The van der Waals surface area contributed by atoms with Crippen molar-refractivity contribution in [2.24, 2.45) is 5.11 Å². The molecule has 0 amide bonds. The topological polar surface area (TPSA) is 75.1 Å². The molecule has 1 rings (SSSR count). The van der Waals surface area contributed by atoms with Crippen molar-refractivity contribution in [1.82, 2.24) is 0 Å². The van der Waals surface area contributed by atoms with Crippen LogP contribution in [0.1, 0.15) is 28.8 Å². The third-order valence-electron chi connectivity index (χ3n) is 2.46. The molecule has 0 fully saturated rings. The first-order valence-corrected chi connectivity index (χ1v) is 5.37. The van der Waals surface area contributed by atoms with E-state index in [1.54, 1.807) is 19.2 Å². The van der Waals surface area contributed by atoms with Gasteiger partial charge in [-0.1, -0.05) is 5.11 Å². The number of azide groups is 1. The number of ether oxygens (including phenoxy) is 1. The maximum Gasteiger partial charge on any atom is 0.163 e. The Labute approximate surface area is 100 Å². The first-order valence-electron chi connectivity index (χ1n) is 5.37. The van der Waals surface area contributed by atoms with Crippen LogP contribution in [-0.4, -0.2) is 19.4 Å². The molecule has 0 atom stereocenters. The highest BCUT2D eigenvalue weighted by molar-refractivity contribution is 5.97. The highest BCUT2D eigenvalue weighted by Gasteiger charge is 2.09. The second-order valence-corrected chi connectivity index (χ2v) is 3.66. The molecule has 0 bridgehead atoms. The number of methoxy groups -OCH3 is 1. The van der Waals surface area contributed by atoms with E-state index >= 15 is 0 Å². The number of hydrogen-bond acceptors (Lipinski definition) is 3. The van der Waals surface area contributed by atoms with E-state index < -0.39 is 0 Å². The lowest BCUT2D eigenvalue weighted by molar-refractivity contribution is 0.0980. The molecule has 0 saturated heterocycles. The van der Waals surface area contributed by atoms with Crippen LogP contribution in [0, 0.1) is 6.92 Å².